The molecule has 22 heavy (non-hydrogen) atoms. The van der Waals surface area contributed by atoms with Gasteiger partial charge in [-0.05, 0) is 62.1 Å². The Hall–Kier alpha value is -1.45. The molecule has 1 aromatic rings. The van der Waals surface area contributed by atoms with Crippen molar-refractivity contribution in [1.29, 1.82) is 0 Å². The average molecular weight is 307 g/mol. The quantitative estimate of drug-likeness (QED) is 0.825. The summed E-state index contributed by atoms with van der Waals surface area (Å²) < 4.78 is 26.1. The second-order valence-electron chi connectivity index (χ2n) is 6.71. The molecule has 1 aliphatic carbocycles. The molecule has 1 unspecified atom stereocenters. The third kappa shape index (κ3) is 3.47. The lowest BCUT2D eigenvalue weighted by molar-refractivity contribution is -0.140. The predicted molar refractivity (Wildman–Crippen MR) is 81.3 cm³/mol. The van der Waals surface area contributed by atoms with Crippen LogP contribution in [-0.4, -0.2) is 23.9 Å². The van der Waals surface area contributed by atoms with Crippen LogP contribution in [0.25, 0.3) is 0 Å². The number of hydrogen-bond donors (Lipinski definition) is 0. The van der Waals surface area contributed by atoms with Crippen LogP contribution in [0.5, 0.6) is 0 Å². The molecule has 1 amide bonds. The van der Waals surface area contributed by atoms with Crippen molar-refractivity contribution in [2.24, 2.45) is 11.8 Å². The maximum Gasteiger partial charge on any atom is 0.225 e. The van der Waals surface area contributed by atoms with E-state index in [0.717, 1.165) is 57.2 Å². The molecule has 1 aromatic carbocycles. The lowest BCUT2D eigenvalue weighted by Crippen LogP contribution is -2.44. The maximum absolute atomic E-state index is 13.2. The predicted octanol–water partition coefficient (Wildman–Crippen LogP) is 3.94. The van der Waals surface area contributed by atoms with E-state index >= 15 is 0 Å². The van der Waals surface area contributed by atoms with Gasteiger partial charge in [-0.25, -0.2) is 8.78 Å². The van der Waals surface area contributed by atoms with Crippen molar-refractivity contribution < 1.29 is 13.6 Å². The normalized spacial score (nSPS) is 22.5. The van der Waals surface area contributed by atoms with Crippen LogP contribution < -0.4 is 0 Å². The van der Waals surface area contributed by atoms with E-state index in [0.29, 0.717) is 11.8 Å². The Balaban J connectivity index is 1.51. The summed E-state index contributed by atoms with van der Waals surface area (Å²) in [4.78, 5) is 14.3. The van der Waals surface area contributed by atoms with E-state index < -0.39 is 11.6 Å². The van der Waals surface area contributed by atoms with Gasteiger partial charge in [0, 0.05) is 19.0 Å². The van der Waals surface area contributed by atoms with Crippen LogP contribution in [0.2, 0.25) is 0 Å². The minimum Gasteiger partial charge on any atom is -0.342 e. The van der Waals surface area contributed by atoms with Crippen molar-refractivity contribution in [1.82, 2.24) is 4.90 Å². The first-order valence-electron chi connectivity index (χ1n) is 8.36. The zero-order chi connectivity index (χ0) is 15.5. The molecule has 0 N–H and O–H groups in total. The summed E-state index contributed by atoms with van der Waals surface area (Å²) in [5, 5.41) is 0. The van der Waals surface area contributed by atoms with Gasteiger partial charge in [-0.1, -0.05) is 12.5 Å². The van der Waals surface area contributed by atoms with Crippen molar-refractivity contribution >= 4 is 5.91 Å². The Morgan fingerprint density at radius 3 is 2.64 bits per heavy atom. The standard InChI is InChI=1S/C18H23F2NO/c19-16-9-8-13(11-17(16)20)6-7-14-3-2-10-21(12-14)18(22)15-4-1-5-15/h8-9,11,14-15H,1-7,10,12H2. The Labute approximate surface area is 130 Å². The Morgan fingerprint density at radius 2 is 1.95 bits per heavy atom. The molecule has 3 rings (SSSR count). The minimum atomic E-state index is -0.793. The molecule has 2 fully saturated rings. The number of aryl methyl sites for hydroxylation is 1. The summed E-state index contributed by atoms with van der Waals surface area (Å²) >= 11 is 0. The number of halogens is 2. The Morgan fingerprint density at radius 1 is 1.14 bits per heavy atom. The van der Waals surface area contributed by atoms with Gasteiger partial charge in [0.15, 0.2) is 11.6 Å². The van der Waals surface area contributed by atoms with Crippen LogP contribution in [0, 0.1) is 23.5 Å². The van der Waals surface area contributed by atoms with Crippen molar-refractivity contribution in [2.75, 3.05) is 13.1 Å². The number of carbonyl (C=O) groups is 1. The summed E-state index contributed by atoms with van der Waals surface area (Å²) in [6.45, 7) is 1.72. The zero-order valence-electron chi connectivity index (χ0n) is 12.9. The van der Waals surface area contributed by atoms with E-state index in [1.165, 1.54) is 18.6 Å². The molecule has 1 saturated heterocycles. The second kappa shape index (κ2) is 6.76. The highest BCUT2D eigenvalue weighted by molar-refractivity contribution is 5.79. The van der Waals surface area contributed by atoms with Gasteiger partial charge in [0.2, 0.25) is 5.91 Å². The third-order valence-electron chi connectivity index (χ3n) is 5.11. The largest absolute Gasteiger partial charge is 0.342 e. The minimum absolute atomic E-state index is 0.268. The number of rotatable bonds is 4. The van der Waals surface area contributed by atoms with Gasteiger partial charge in [0.25, 0.3) is 0 Å². The average Bonchev–Trinajstić information content (AvgIpc) is 2.47. The summed E-state index contributed by atoms with van der Waals surface area (Å²) in [6.07, 6.45) is 7.14. The number of amides is 1. The van der Waals surface area contributed by atoms with E-state index in [9.17, 15) is 13.6 Å². The van der Waals surface area contributed by atoms with E-state index in [-0.39, 0.29) is 5.92 Å². The molecule has 2 nitrogen and oxygen atoms in total. The van der Waals surface area contributed by atoms with Crippen molar-refractivity contribution in [2.45, 2.75) is 44.9 Å². The molecule has 2 aliphatic rings. The van der Waals surface area contributed by atoms with Gasteiger partial charge in [-0.15, -0.1) is 0 Å². The number of nitrogens with zero attached hydrogens (tertiary/aromatic N) is 1. The van der Waals surface area contributed by atoms with Gasteiger partial charge < -0.3 is 4.90 Å². The number of piperidine rings is 1. The molecule has 0 bridgehead atoms. The van der Waals surface area contributed by atoms with E-state index in [1.54, 1.807) is 6.07 Å². The lowest BCUT2D eigenvalue weighted by atomic mass is 9.83. The lowest BCUT2D eigenvalue weighted by Gasteiger charge is -2.37. The molecule has 0 aromatic heterocycles. The number of likely N-dealkylation sites (tertiary alicyclic amines) is 1. The van der Waals surface area contributed by atoms with Crippen molar-refractivity contribution in [3.05, 3.63) is 35.4 Å². The van der Waals surface area contributed by atoms with Crippen LogP contribution in [0.15, 0.2) is 18.2 Å². The number of hydrogen-bond acceptors (Lipinski definition) is 1. The molecular formula is C18H23F2NO. The first-order chi connectivity index (χ1) is 10.6. The maximum atomic E-state index is 13.2. The van der Waals surface area contributed by atoms with Gasteiger partial charge in [-0.2, -0.15) is 0 Å². The first-order valence-corrected chi connectivity index (χ1v) is 8.36. The number of carbonyl (C=O) groups excluding carboxylic acids is 1. The van der Waals surface area contributed by atoms with Gasteiger partial charge in [-0.3, -0.25) is 4.79 Å². The molecule has 1 heterocycles. The van der Waals surface area contributed by atoms with E-state index in [4.69, 9.17) is 0 Å². The summed E-state index contributed by atoms with van der Waals surface area (Å²) in [7, 11) is 0. The van der Waals surface area contributed by atoms with Crippen LogP contribution in [0.3, 0.4) is 0 Å². The van der Waals surface area contributed by atoms with Crippen molar-refractivity contribution in [3.8, 4) is 0 Å². The molecule has 1 atom stereocenters. The van der Waals surface area contributed by atoms with E-state index in [2.05, 4.69) is 0 Å². The fourth-order valence-electron chi connectivity index (χ4n) is 3.48. The van der Waals surface area contributed by atoms with Crippen molar-refractivity contribution in [3.63, 3.8) is 0 Å². The van der Waals surface area contributed by atoms with Crippen LogP contribution >= 0.6 is 0 Å². The van der Waals surface area contributed by atoms with Crippen LogP contribution in [0.1, 0.15) is 44.1 Å². The van der Waals surface area contributed by atoms with Gasteiger partial charge in [0.1, 0.15) is 0 Å². The molecular weight excluding hydrogens is 284 g/mol. The van der Waals surface area contributed by atoms with Gasteiger partial charge in [0.05, 0.1) is 0 Å². The fourth-order valence-corrected chi connectivity index (χ4v) is 3.48. The number of benzene rings is 1. The molecule has 0 radical (unpaired) electrons. The highest BCUT2D eigenvalue weighted by atomic mass is 19.2. The topological polar surface area (TPSA) is 20.3 Å². The summed E-state index contributed by atoms with van der Waals surface area (Å²) in [5.41, 5.74) is 0.835. The highest BCUT2D eigenvalue weighted by Gasteiger charge is 2.31. The van der Waals surface area contributed by atoms with Crippen LogP contribution in [0.4, 0.5) is 8.78 Å². The SMILES string of the molecule is O=C(C1CCC1)N1CCCC(CCc2ccc(F)c(F)c2)C1. The van der Waals surface area contributed by atoms with Crippen LogP contribution in [-0.2, 0) is 11.2 Å². The summed E-state index contributed by atoms with van der Waals surface area (Å²) in [5.74, 6) is -0.485. The molecule has 1 saturated carbocycles. The fraction of sp³-hybridized carbons (Fsp3) is 0.611. The zero-order valence-corrected chi connectivity index (χ0v) is 12.9. The second-order valence-corrected chi connectivity index (χ2v) is 6.71. The first kappa shape index (κ1) is 15.4. The third-order valence-corrected chi connectivity index (χ3v) is 5.11. The monoisotopic (exact) mass is 307 g/mol. The molecule has 1 aliphatic heterocycles. The Kier molecular flexibility index (Phi) is 4.74. The summed E-state index contributed by atoms with van der Waals surface area (Å²) in [6, 6.07) is 4.13. The molecule has 0 spiro atoms. The Bertz CT molecular complexity index is 542. The highest BCUT2D eigenvalue weighted by Crippen LogP contribution is 2.30. The van der Waals surface area contributed by atoms with E-state index in [1.807, 2.05) is 4.90 Å². The molecule has 120 valence electrons. The smallest absolute Gasteiger partial charge is 0.225 e. The van der Waals surface area contributed by atoms with Gasteiger partial charge >= 0.3 is 0 Å². The molecule has 4 heteroatoms.